The van der Waals surface area contributed by atoms with Crippen LogP contribution in [-0.2, 0) is 0 Å². The highest BCUT2D eigenvalue weighted by Crippen LogP contribution is 2.02. The molecule has 1 aromatic heterocycles. The van der Waals surface area contributed by atoms with E-state index in [4.69, 9.17) is 10.2 Å². The van der Waals surface area contributed by atoms with Gasteiger partial charge in [-0.2, -0.15) is 0 Å². The largest absolute Gasteiger partial charge is 0.477 e. The zero-order valence-corrected chi connectivity index (χ0v) is 9.43. The minimum atomic E-state index is -1.23. The third-order valence-corrected chi connectivity index (χ3v) is 2.15. The van der Waals surface area contributed by atoms with E-state index in [0.717, 1.165) is 6.33 Å². The maximum absolute atomic E-state index is 11.6. The summed E-state index contributed by atoms with van der Waals surface area (Å²) in [5.41, 5.74) is -0.354. The lowest BCUT2D eigenvalue weighted by atomic mass is 10.2. The van der Waals surface area contributed by atoms with Crippen LogP contribution in [0.4, 0.5) is 0 Å². The fourth-order valence-corrected chi connectivity index (χ4v) is 1.31. The number of hydrogen-bond acceptors (Lipinski definition) is 4. The molecule has 1 amide bonds. The maximum Gasteiger partial charge on any atom is 0.354 e. The number of nitrogens with zero attached hydrogens (tertiary/aromatic N) is 1. The van der Waals surface area contributed by atoms with Gasteiger partial charge in [0.15, 0.2) is 11.4 Å². The van der Waals surface area contributed by atoms with Gasteiger partial charge in [0.25, 0.3) is 5.91 Å². The van der Waals surface area contributed by atoms with Crippen molar-refractivity contribution in [2.45, 2.75) is 25.9 Å². The van der Waals surface area contributed by atoms with E-state index in [9.17, 15) is 9.59 Å². The molecule has 1 aromatic rings. The van der Waals surface area contributed by atoms with Crippen molar-refractivity contribution >= 4 is 11.9 Å². The van der Waals surface area contributed by atoms with Crippen LogP contribution in [0.5, 0.6) is 0 Å². The lowest BCUT2D eigenvalue weighted by Gasteiger charge is -2.05. The number of carboxylic acids is 1. The van der Waals surface area contributed by atoms with E-state index in [1.807, 2.05) is 0 Å². The number of aliphatic hydroxyl groups is 1. The van der Waals surface area contributed by atoms with Crippen LogP contribution in [0.3, 0.4) is 0 Å². The Morgan fingerprint density at radius 1 is 1.59 bits per heavy atom. The van der Waals surface area contributed by atoms with Gasteiger partial charge >= 0.3 is 5.97 Å². The van der Waals surface area contributed by atoms with Crippen molar-refractivity contribution in [1.82, 2.24) is 15.3 Å². The first kappa shape index (κ1) is 13.2. The molecule has 7 heteroatoms. The molecular weight excluding hydrogens is 226 g/mol. The zero-order chi connectivity index (χ0) is 12.8. The topological polar surface area (TPSA) is 115 Å². The number of amides is 1. The monoisotopic (exact) mass is 241 g/mol. The Morgan fingerprint density at radius 3 is 2.88 bits per heavy atom. The molecule has 17 heavy (non-hydrogen) atoms. The van der Waals surface area contributed by atoms with E-state index in [1.54, 1.807) is 6.92 Å². The lowest BCUT2D eigenvalue weighted by molar-refractivity contribution is 0.0685. The van der Waals surface area contributed by atoms with E-state index in [2.05, 4.69) is 15.3 Å². The summed E-state index contributed by atoms with van der Waals surface area (Å²) in [6.45, 7) is 2.04. The number of aromatic nitrogens is 2. The van der Waals surface area contributed by atoms with Gasteiger partial charge < -0.3 is 20.5 Å². The van der Waals surface area contributed by atoms with Crippen molar-refractivity contribution in [3.05, 3.63) is 17.7 Å². The van der Waals surface area contributed by atoms with Crippen molar-refractivity contribution in [2.24, 2.45) is 0 Å². The number of rotatable bonds is 6. The molecule has 0 aromatic carbocycles. The van der Waals surface area contributed by atoms with E-state index < -0.39 is 18.0 Å². The molecule has 1 atom stereocenters. The number of carbonyl (C=O) groups excluding carboxylic acids is 1. The van der Waals surface area contributed by atoms with Gasteiger partial charge in [-0.3, -0.25) is 4.79 Å². The molecule has 0 aliphatic carbocycles. The first-order valence-corrected chi connectivity index (χ1v) is 5.25. The Balaban J connectivity index is 2.47. The minimum absolute atomic E-state index is 0.130. The van der Waals surface area contributed by atoms with E-state index >= 15 is 0 Å². The Bertz CT molecular complexity index is 400. The number of imidazole rings is 1. The number of aromatic carboxylic acids is 1. The SMILES string of the molecule is CC(O)CCCNC(=O)c1nc[nH]c1C(=O)O. The van der Waals surface area contributed by atoms with Gasteiger partial charge in [-0.25, -0.2) is 9.78 Å². The number of carboxylic acid groups (broad SMARTS) is 1. The number of aromatic amines is 1. The minimum Gasteiger partial charge on any atom is -0.477 e. The van der Waals surface area contributed by atoms with Gasteiger partial charge in [-0.15, -0.1) is 0 Å². The molecule has 1 rings (SSSR count). The lowest BCUT2D eigenvalue weighted by Crippen LogP contribution is -2.27. The zero-order valence-electron chi connectivity index (χ0n) is 9.43. The fourth-order valence-electron chi connectivity index (χ4n) is 1.31. The second kappa shape index (κ2) is 6.00. The first-order valence-electron chi connectivity index (χ1n) is 5.25. The third-order valence-electron chi connectivity index (χ3n) is 2.15. The molecule has 0 saturated carbocycles. The average molecular weight is 241 g/mol. The summed E-state index contributed by atoms with van der Waals surface area (Å²) < 4.78 is 0. The van der Waals surface area contributed by atoms with Crippen LogP contribution in [0.25, 0.3) is 0 Å². The summed E-state index contributed by atoms with van der Waals surface area (Å²) >= 11 is 0. The Morgan fingerprint density at radius 2 is 2.29 bits per heavy atom. The molecule has 7 nitrogen and oxygen atoms in total. The van der Waals surface area contributed by atoms with Gasteiger partial charge in [0.2, 0.25) is 0 Å². The molecule has 0 aliphatic rings. The highest BCUT2D eigenvalue weighted by Gasteiger charge is 2.18. The van der Waals surface area contributed by atoms with Crippen LogP contribution in [0.1, 0.15) is 40.7 Å². The molecule has 0 radical (unpaired) electrons. The molecule has 1 unspecified atom stereocenters. The predicted molar refractivity (Wildman–Crippen MR) is 58.8 cm³/mol. The van der Waals surface area contributed by atoms with Crippen molar-refractivity contribution in [3.63, 3.8) is 0 Å². The molecule has 0 bridgehead atoms. The number of carbonyl (C=O) groups is 2. The number of H-pyrrole nitrogens is 1. The summed E-state index contributed by atoms with van der Waals surface area (Å²) in [7, 11) is 0. The second-order valence-electron chi connectivity index (χ2n) is 3.68. The van der Waals surface area contributed by atoms with Gasteiger partial charge in [-0.1, -0.05) is 0 Å². The quantitative estimate of drug-likeness (QED) is 0.523. The van der Waals surface area contributed by atoms with E-state index in [-0.39, 0.29) is 11.4 Å². The molecule has 0 spiro atoms. The van der Waals surface area contributed by atoms with Gasteiger partial charge in [0.1, 0.15) is 0 Å². The van der Waals surface area contributed by atoms with Crippen LogP contribution in [0.15, 0.2) is 6.33 Å². The maximum atomic E-state index is 11.6. The van der Waals surface area contributed by atoms with Crippen LogP contribution in [0.2, 0.25) is 0 Å². The second-order valence-corrected chi connectivity index (χ2v) is 3.68. The summed E-state index contributed by atoms with van der Waals surface area (Å²) in [6.07, 6.45) is 1.95. The van der Waals surface area contributed by atoms with Crippen LogP contribution in [-0.4, -0.2) is 44.7 Å². The molecule has 4 N–H and O–H groups in total. The smallest absolute Gasteiger partial charge is 0.354 e. The first-order chi connectivity index (χ1) is 8.02. The summed E-state index contributed by atoms with van der Waals surface area (Å²) in [4.78, 5) is 28.3. The molecule has 94 valence electrons. The molecule has 0 fully saturated rings. The number of nitrogens with one attached hydrogen (secondary N) is 2. The van der Waals surface area contributed by atoms with Gasteiger partial charge in [-0.05, 0) is 19.8 Å². The molecule has 0 saturated heterocycles. The van der Waals surface area contributed by atoms with E-state index in [0.29, 0.717) is 19.4 Å². The van der Waals surface area contributed by atoms with Crippen LogP contribution >= 0.6 is 0 Å². The fraction of sp³-hybridized carbons (Fsp3) is 0.500. The van der Waals surface area contributed by atoms with Crippen LogP contribution < -0.4 is 5.32 Å². The Labute approximate surface area is 97.9 Å². The summed E-state index contributed by atoms with van der Waals surface area (Å²) in [6, 6.07) is 0. The Kier molecular flexibility index (Phi) is 4.65. The number of aliphatic hydroxyl groups excluding tert-OH is 1. The standard InChI is InChI=1S/C10H15N3O4/c1-6(14)3-2-4-11-9(15)7-8(10(16)17)13-5-12-7/h5-6,14H,2-4H2,1H3,(H,11,15)(H,12,13)(H,16,17). The highest BCUT2D eigenvalue weighted by atomic mass is 16.4. The number of hydrogen-bond donors (Lipinski definition) is 4. The normalized spacial score (nSPS) is 12.1. The summed E-state index contributed by atoms with van der Waals surface area (Å²) in [5, 5.41) is 20.3. The van der Waals surface area contributed by atoms with Crippen LogP contribution in [0, 0.1) is 0 Å². The van der Waals surface area contributed by atoms with Gasteiger partial charge in [0, 0.05) is 6.54 Å². The predicted octanol–water partition coefficient (Wildman–Crippen LogP) is -0.00130. The average Bonchev–Trinajstić information content (AvgIpc) is 2.72. The van der Waals surface area contributed by atoms with Crippen molar-refractivity contribution in [1.29, 1.82) is 0 Å². The molecule has 0 aliphatic heterocycles. The van der Waals surface area contributed by atoms with Gasteiger partial charge in [0.05, 0.1) is 12.4 Å². The molecular formula is C10H15N3O4. The highest BCUT2D eigenvalue weighted by molar-refractivity contribution is 6.02. The van der Waals surface area contributed by atoms with Crippen molar-refractivity contribution in [2.75, 3.05) is 6.54 Å². The third kappa shape index (κ3) is 3.87. The van der Waals surface area contributed by atoms with E-state index in [1.165, 1.54) is 0 Å². The van der Waals surface area contributed by atoms with Crippen molar-refractivity contribution in [3.8, 4) is 0 Å². The van der Waals surface area contributed by atoms with Crippen molar-refractivity contribution < 1.29 is 19.8 Å². The summed E-state index contributed by atoms with van der Waals surface area (Å²) in [5.74, 6) is -1.76. The molecule has 1 heterocycles. The Hall–Kier alpha value is -1.89.